The van der Waals surface area contributed by atoms with Gasteiger partial charge >= 0.3 is 0 Å². The number of hydrogen-bond acceptors (Lipinski definition) is 2. The number of carbonyl (C=O) groups is 2. The SMILES string of the molecule is CC(N1CC(=O)NC2(CCCC2)C1=O)C(C)(C)C. The average Bonchev–Trinajstić information content (AvgIpc) is 2.70. The first-order valence-corrected chi connectivity index (χ1v) is 6.88. The van der Waals surface area contributed by atoms with Crippen molar-refractivity contribution < 1.29 is 9.59 Å². The number of hydrogen-bond donors (Lipinski definition) is 1. The lowest BCUT2D eigenvalue weighted by Crippen LogP contribution is -2.68. The van der Waals surface area contributed by atoms with Gasteiger partial charge in [-0.05, 0) is 25.2 Å². The van der Waals surface area contributed by atoms with E-state index in [0.717, 1.165) is 25.7 Å². The third-order valence-corrected chi connectivity index (χ3v) is 4.54. The summed E-state index contributed by atoms with van der Waals surface area (Å²) in [4.78, 5) is 26.4. The van der Waals surface area contributed by atoms with Crippen LogP contribution in [0.3, 0.4) is 0 Å². The highest BCUT2D eigenvalue weighted by molar-refractivity contribution is 5.98. The molecule has 4 nitrogen and oxygen atoms in total. The molecule has 1 heterocycles. The Morgan fingerprint density at radius 2 is 1.78 bits per heavy atom. The highest BCUT2D eigenvalue weighted by Gasteiger charge is 2.50. The lowest BCUT2D eigenvalue weighted by atomic mass is 9.84. The zero-order valence-electron chi connectivity index (χ0n) is 11.9. The molecule has 2 aliphatic rings. The van der Waals surface area contributed by atoms with Gasteiger partial charge in [-0.2, -0.15) is 0 Å². The molecular formula is C14H24N2O2. The van der Waals surface area contributed by atoms with E-state index in [4.69, 9.17) is 0 Å². The highest BCUT2D eigenvalue weighted by Crippen LogP contribution is 2.36. The van der Waals surface area contributed by atoms with E-state index in [9.17, 15) is 9.59 Å². The maximum atomic E-state index is 12.7. The molecule has 1 saturated heterocycles. The van der Waals surface area contributed by atoms with Crippen LogP contribution < -0.4 is 5.32 Å². The van der Waals surface area contributed by atoms with Gasteiger partial charge in [0, 0.05) is 6.04 Å². The molecule has 4 heteroatoms. The summed E-state index contributed by atoms with van der Waals surface area (Å²) in [5.41, 5.74) is -0.595. The highest BCUT2D eigenvalue weighted by atomic mass is 16.2. The largest absolute Gasteiger partial charge is 0.340 e. The first kappa shape index (κ1) is 13.4. The van der Waals surface area contributed by atoms with Crippen molar-refractivity contribution >= 4 is 11.8 Å². The third-order valence-electron chi connectivity index (χ3n) is 4.54. The van der Waals surface area contributed by atoms with Gasteiger partial charge in [0.25, 0.3) is 0 Å². The van der Waals surface area contributed by atoms with Crippen molar-refractivity contribution in [2.24, 2.45) is 5.41 Å². The molecule has 0 aromatic heterocycles. The maximum Gasteiger partial charge on any atom is 0.249 e. The topological polar surface area (TPSA) is 49.4 Å². The molecular weight excluding hydrogens is 228 g/mol. The zero-order valence-corrected chi connectivity index (χ0v) is 11.9. The van der Waals surface area contributed by atoms with Crippen LogP contribution in [0, 0.1) is 5.41 Å². The van der Waals surface area contributed by atoms with Crippen molar-refractivity contribution in [3.8, 4) is 0 Å². The van der Waals surface area contributed by atoms with Crippen molar-refractivity contribution in [2.75, 3.05) is 6.54 Å². The zero-order chi connectivity index (χ0) is 13.6. The van der Waals surface area contributed by atoms with Crippen molar-refractivity contribution in [3.63, 3.8) is 0 Å². The van der Waals surface area contributed by atoms with E-state index in [-0.39, 0.29) is 29.8 Å². The van der Waals surface area contributed by atoms with Gasteiger partial charge in [0.1, 0.15) is 5.54 Å². The van der Waals surface area contributed by atoms with Crippen LogP contribution in [0.15, 0.2) is 0 Å². The van der Waals surface area contributed by atoms with E-state index in [2.05, 4.69) is 26.1 Å². The molecule has 0 aromatic rings. The van der Waals surface area contributed by atoms with Gasteiger partial charge in [0.15, 0.2) is 0 Å². The summed E-state index contributed by atoms with van der Waals surface area (Å²) < 4.78 is 0. The Bertz CT molecular complexity index is 364. The van der Waals surface area contributed by atoms with Crippen molar-refractivity contribution in [2.45, 2.75) is 65.0 Å². The fourth-order valence-electron chi connectivity index (χ4n) is 2.96. The molecule has 2 rings (SSSR count). The minimum absolute atomic E-state index is 0.00685. The monoisotopic (exact) mass is 252 g/mol. The van der Waals surface area contributed by atoms with Crippen molar-refractivity contribution in [3.05, 3.63) is 0 Å². The predicted molar refractivity (Wildman–Crippen MR) is 70.0 cm³/mol. The number of rotatable bonds is 1. The van der Waals surface area contributed by atoms with Gasteiger partial charge in [-0.15, -0.1) is 0 Å². The van der Waals surface area contributed by atoms with Crippen LogP contribution in [0.1, 0.15) is 53.4 Å². The number of nitrogens with zero attached hydrogens (tertiary/aromatic N) is 1. The van der Waals surface area contributed by atoms with E-state index in [1.807, 2.05) is 6.92 Å². The van der Waals surface area contributed by atoms with Crippen LogP contribution in [-0.2, 0) is 9.59 Å². The molecule has 102 valence electrons. The second-order valence-corrected chi connectivity index (χ2v) is 6.81. The summed E-state index contributed by atoms with van der Waals surface area (Å²) >= 11 is 0. The Kier molecular flexibility index (Phi) is 3.16. The summed E-state index contributed by atoms with van der Waals surface area (Å²) in [5, 5.41) is 2.95. The minimum atomic E-state index is -0.588. The molecule has 2 fully saturated rings. The van der Waals surface area contributed by atoms with Crippen LogP contribution in [-0.4, -0.2) is 34.8 Å². The first-order valence-electron chi connectivity index (χ1n) is 6.88. The van der Waals surface area contributed by atoms with Crippen molar-refractivity contribution in [1.29, 1.82) is 0 Å². The molecule has 1 aliphatic carbocycles. The van der Waals surface area contributed by atoms with Crippen LogP contribution in [0.25, 0.3) is 0 Å². The Balaban J connectivity index is 2.26. The molecule has 0 aromatic carbocycles. The normalized spacial score (nSPS) is 25.4. The molecule has 1 unspecified atom stereocenters. The number of piperazine rings is 1. The maximum absolute atomic E-state index is 12.7. The number of nitrogens with one attached hydrogen (secondary N) is 1. The fourth-order valence-corrected chi connectivity index (χ4v) is 2.96. The summed E-state index contributed by atoms with van der Waals surface area (Å²) in [5.74, 6) is 0.120. The Labute approximate surface area is 109 Å². The van der Waals surface area contributed by atoms with E-state index >= 15 is 0 Å². The first-order chi connectivity index (χ1) is 8.26. The van der Waals surface area contributed by atoms with Gasteiger partial charge in [-0.25, -0.2) is 0 Å². The molecule has 1 N–H and O–H groups in total. The van der Waals surface area contributed by atoms with Crippen LogP contribution >= 0.6 is 0 Å². The quantitative estimate of drug-likeness (QED) is 0.772. The average molecular weight is 252 g/mol. The van der Waals surface area contributed by atoms with Crippen molar-refractivity contribution in [1.82, 2.24) is 10.2 Å². The minimum Gasteiger partial charge on any atom is -0.340 e. The van der Waals surface area contributed by atoms with Gasteiger partial charge in [-0.3, -0.25) is 9.59 Å². The fraction of sp³-hybridized carbons (Fsp3) is 0.857. The molecule has 1 atom stereocenters. The third kappa shape index (κ3) is 2.13. The van der Waals surface area contributed by atoms with E-state index in [0.29, 0.717) is 0 Å². The molecule has 1 saturated carbocycles. The van der Waals surface area contributed by atoms with Crippen LogP contribution in [0.5, 0.6) is 0 Å². The Hall–Kier alpha value is -1.06. The van der Waals surface area contributed by atoms with E-state index < -0.39 is 5.54 Å². The summed E-state index contributed by atoms with van der Waals surface area (Å²) in [6, 6.07) is 0.0773. The lowest BCUT2D eigenvalue weighted by Gasteiger charge is -2.46. The molecule has 1 aliphatic heterocycles. The van der Waals surface area contributed by atoms with Gasteiger partial charge in [-0.1, -0.05) is 33.6 Å². The number of amides is 2. The van der Waals surface area contributed by atoms with Gasteiger partial charge in [0.2, 0.25) is 11.8 Å². The summed E-state index contributed by atoms with van der Waals surface area (Å²) in [6.45, 7) is 8.58. The second-order valence-electron chi connectivity index (χ2n) is 6.81. The van der Waals surface area contributed by atoms with E-state index in [1.54, 1.807) is 4.90 Å². The number of carbonyl (C=O) groups excluding carboxylic acids is 2. The lowest BCUT2D eigenvalue weighted by molar-refractivity contribution is -0.154. The molecule has 2 amide bonds. The molecule has 1 spiro atoms. The van der Waals surface area contributed by atoms with E-state index in [1.165, 1.54) is 0 Å². The molecule has 0 bridgehead atoms. The van der Waals surface area contributed by atoms with Crippen LogP contribution in [0.2, 0.25) is 0 Å². The summed E-state index contributed by atoms with van der Waals surface area (Å²) in [6.07, 6.45) is 3.66. The Morgan fingerprint density at radius 3 is 2.28 bits per heavy atom. The smallest absolute Gasteiger partial charge is 0.249 e. The standard InChI is InChI=1S/C14H24N2O2/c1-10(13(2,3)4)16-9-11(17)15-14(12(16)18)7-5-6-8-14/h10H,5-9H2,1-4H3,(H,15,17). The molecule has 18 heavy (non-hydrogen) atoms. The molecule has 0 radical (unpaired) electrons. The second kappa shape index (κ2) is 4.25. The van der Waals surface area contributed by atoms with Crippen LogP contribution in [0.4, 0.5) is 0 Å². The predicted octanol–water partition coefficient (Wildman–Crippen LogP) is 1.69. The summed E-state index contributed by atoms with van der Waals surface area (Å²) in [7, 11) is 0. The van der Waals surface area contributed by atoms with Gasteiger partial charge < -0.3 is 10.2 Å². The Morgan fingerprint density at radius 1 is 1.22 bits per heavy atom. The van der Waals surface area contributed by atoms with Gasteiger partial charge in [0.05, 0.1) is 6.54 Å².